The Balaban J connectivity index is 2.00. The Morgan fingerprint density at radius 3 is 2.26 bits per heavy atom. The number of nitrogens with one attached hydrogen (secondary N) is 1. The quantitative estimate of drug-likeness (QED) is 0.829. The van der Waals surface area contributed by atoms with Crippen molar-refractivity contribution in [3.63, 3.8) is 0 Å². The molecule has 0 aliphatic rings. The Morgan fingerprint density at radius 2 is 1.63 bits per heavy atom. The number of hydrogen-bond acceptors (Lipinski definition) is 1. The van der Waals surface area contributed by atoms with Crippen LogP contribution in [0.4, 0.5) is 0 Å². The minimum absolute atomic E-state index is 0.321. The molecular weight excluding hydrogens is 254 g/mol. The topological polar surface area (TPSA) is 12.0 Å². The molecule has 2 aromatic rings. The molecule has 19 heavy (non-hydrogen) atoms. The summed E-state index contributed by atoms with van der Waals surface area (Å²) in [5.41, 5.74) is 4.06. The van der Waals surface area contributed by atoms with Crippen molar-refractivity contribution in [3.05, 3.63) is 70.2 Å². The molecule has 1 N–H and O–H groups in total. The van der Waals surface area contributed by atoms with Gasteiger partial charge in [0, 0.05) is 17.6 Å². The van der Waals surface area contributed by atoms with Gasteiger partial charge in [-0.25, -0.2) is 0 Å². The highest BCUT2D eigenvalue weighted by molar-refractivity contribution is 6.30. The van der Waals surface area contributed by atoms with Crippen LogP contribution in [0.2, 0.25) is 5.02 Å². The fraction of sp³-hybridized carbons (Fsp3) is 0.294. The van der Waals surface area contributed by atoms with Crippen molar-refractivity contribution >= 4 is 11.6 Å². The van der Waals surface area contributed by atoms with Crippen LogP contribution in [0.3, 0.4) is 0 Å². The maximum Gasteiger partial charge on any atom is 0.0406 e. The van der Waals surface area contributed by atoms with Crippen LogP contribution in [0.15, 0.2) is 48.5 Å². The summed E-state index contributed by atoms with van der Waals surface area (Å²) in [5.74, 6) is 0. The standard InChI is InChI=1S/C17H20ClN/c1-3-14-6-4-5-7-16(14)12-19-13(2)15-8-10-17(18)11-9-15/h4-11,13,19H,3,12H2,1-2H3/t13-/m1/s1. The molecule has 2 heteroatoms. The first-order valence-corrected chi connectivity index (χ1v) is 7.14. The fourth-order valence-corrected chi connectivity index (χ4v) is 2.33. The van der Waals surface area contributed by atoms with Crippen LogP contribution in [0.25, 0.3) is 0 Å². The molecular formula is C17H20ClN. The second-order valence-electron chi connectivity index (χ2n) is 4.78. The molecule has 1 nitrogen and oxygen atoms in total. The summed E-state index contributed by atoms with van der Waals surface area (Å²) in [6, 6.07) is 16.9. The van der Waals surface area contributed by atoms with E-state index in [-0.39, 0.29) is 0 Å². The molecule has 2 rings (SSSR count). The lowest BCUT2D eigenvalue weighted by Gasteiger charge is -2.16. The number of aryl methyl sites for hydroxylation is 1. The van der Waals surface area contributed by atoms with Gasteiger partial charge in [-0.3, -0.25) is 0 Å². The summed E-state index contributed by atoms with van der Waals surface area (Å²) in [4.78, 5) is 0. The Bertz CT molecular complexity index is 519. The molecule has 0 fully saturated rings. The van der Waals surface area contributed by atoms with Crippen molar-refractivity contribution in [3.8, 4) is 0 Å². The van der Waals surface area contributed by atoms with Gasteiger partial charge in [-0.2, -0.15) is 0 Å². The molecule has 0 aliphatic heterocycles. The van der Waals surface area contributed by atoms with E-state index < -0.39 is 0 Å². The minimum Gasteiger partial charge on any atom is -0.306 e. The summed E-state index contributed by atoms with van der Waals surface area (Å²) >= 11 is 5.91. The van der Waals surface area contributed by atoms with Gasteiger partial charge in [0.2, 0.25) is 0 Å². The second-order valence-corrected chi connectivity index (χ2v) is 5.21. The number of halogens is 1. The van der Waals surface area contributed by atoms with E-state index in [0.717, 1.165) is 18.0 Å². The number of hydrogen-bond donors (Lipinski definition) is 1. The fourth-order valence-electron chi connectivity index (χ4n) is 2.21. The van der Waals surface area contributed by atoms with Crippen LogP contribution in [0.5, 0.6) is 0 Å². The summed E-state index contributed by atoms with van der Waals surface area (Å²) in [7, 11) is 0. The van der Waals surface area contributed by atoms with Gasteiger partial charge in [-0.15, -0.1) is 0 Å². The summed E-state index contributed by atoms with van der Waals surface area (Å²) in [6.07, 6.45) is 1.08. The molecule has 0 bridgehead atoms. The summed E-state index contributed by atoms with van der Waals surface area (Å²) in [5, 5.41) is 4.35. The van der Waals surface area contributed by atoms with Crippen molar-refractivity contribution < 1.29 is 0 Å². The molecule has 0 aliphatic carbocycles. The van der Waals surface area contributed by atoms with E-state index in [1.807, 2.05) is 12.1 Å². The van der Waals surface area contributed by atoms with Crippen molar-refractivity contribution in [2.24, 2.45) is 0 Å². The van der Waals surface area contributed by atoms with E-state index in [1.54, 1.807) is 0 Å². The summed E-state index contributed by atoms with van der Waals surface area (Å²) < 4.78 is 0. The minimum atomic E-state index is 0.321. The van der Waals surface area contributed by atoms with Crippen LogP contribution in [-0.4, -0.2) is 0 Å². The first kappa shape index (κ1) is 14.1. The SMILES string of the molecule is CCc1ccccc1CN[C@H](C)c1ccc(Cl)cc1. The van der Waals surface area contributed by atoms with E-state index in [2.05, 4.69) is 55.6 Å². The molecule has 1 atom stereocenters. The smallest absolute Gasteiger partial charge is 0.0406 e. The number of rotatable bonds is 5. The van der Waals surface area contributed by atoms with Gasteiger partial charge in [0.1, 0.15) is 0 Å². The monoisotopic (exact) mass is 273 g/mol. The average Bonchev–Trinajstić information content (AvgIpc) is 2.45. The van der Waals surface area contributed by atoms with E-state index in [0.29, 0.717) is 6.04 Å². The van der Waals surface area contributed by atoms with Gasteiger partial charge >= 0.3 is 0 Å². The van der Waals surface area contributed by atoms with Gasteiger partial charge in [-0.05, 0) is 42.2 Å². The maximum absolute atomic E-state index is 5.91. The molecule has 0 aromatic heterocycles. The largest absolute Gasteiger partial charge is 0.306 e. The third-order valence-electron chi connectivity index (χ3n) is 3.47. The molecule has 0 saturated carbocycles. The molecule has 2 aromatic carbocycles. The summed E-state index contributed by atoms with van der Waals surface area (Å²) in [6.45, 7) is 5.27. The molecule has 100 valence electrons. The van der Waals surface area contributed by atoms with Crippen LogP contribution >= 0.6 is 11.6 Å². The Kier molecular flexibility index (Phi) is 5.00. The van der Waals surface area contributed by atoms with Gasteiger partial charge < -0.3 is 5.32 Å². The van der Waals surface area contributed by atoms with Gasteiger partial charge in [0.15, 0.2) is 0 Å². The van der Waals surface area contributed by atoms with Gasteiger partial charge in [-0.1, -0.05) is 54.9 Å². The van der Waals surface area contributed by atoms with Gasteiger partial charge in [0.05, 0.1) is 0 Å². The van der Waals surface area contributed by atoms with Crippen molar-refractivity contribution in [2.75, 3.05) is 0 Å². The lowest BCUT2D eigenvalue weighted by atomic mass is 10.0. The van der Waals surface area contributed by atoms with Crippen molar-refractivity contribution in [2.45, 2.75) is 32.9 Å². The van der Waals surface area contributed by atoms with Crippen LogP contribution in [0, 0.1) is 0 Å². The molecule has 0 heterocycles. The van der Waals surface area contributed by atoms with Crippen molar-refractivity contribution in [1.29, 1.82) is 0 Å². The number of benzene rings is 2. The highest BCUT2D eigenvalue weighted by atomic mass is 35.5. The Labute approximate surface area is 120 Å². The highest BCUT2D eigenvalue weighted by Crippen LogP contribution is 2.17. The normalized spacial score (nSPS) is 12.4. The van der Waals surface area contributed by atoms with Crippen LogP contribution < -0.4 is 5.32 Å². The predicted molar refractivity (Wildman–Crippen MR) is 82.5 cm³/mol. The van der Waals surface area contributed by atoms with Crippen LogP contribution in [0.1, 0.15) is 36.6 Å². The van der Waals surface area contributed by atoms with Gasteiger partial charge in [0.25, 0.3) is 0 Å². The Hall–Kier alpha value is -1.31. The van der Waals surface area contributed by atoms with Crippen LogP contribution in [-0.2, 0) is 13.0 Å². The zero-order chi connectivity index (χ0) is 13.7. The van der Waals surface area contributed by atoms with Crippen molar-refractivity contribution in [1.82, 2.24) is 5.32 Å². The molecule has 0 unspecified atom stereocenters. The third-order valence-corrected chi connectivity index (χ3v) is 3.72. The lowest BCUT2D eigenvalue weighted by molar-refractivity contribution is 0.572. The van der Waals surface area contributed by atoms with E-state index in [9.17, 15) is 0 Å². The lowest BCUT2D eigenvalue weighted by Crippen LogP contribution is -2.18. The Morgan fingerprint density at radius 1 is 1.00 bits per heavy atom. The second kappa shape index (κ2) is 6.74. The zero-order valence-corrected chi connectivity index (χ0v) is 12.2. The first-order chi connectivity index (χ1) is 9.20. The zero-order valence-electron chi connectivity index (χ0n) is 11.5. The third kappa shape index (κ3) is 3.82. The predicted octanol–water partition coefficient (Wildman–Crippen LogP) is 4.75. The molecule has 0 spiro atoms. The molecule has 0 amide bonds. The highest BCUT2D eigenvalue weighted by Gasteiger charge is 2.06. The molecule has 0 saturated heterocycles. The first-order valence-electron chi connectivity index (χ1n) is 6.76. The average molecular weight is 274 g/mol. The van der Waals surface area contributed by atoms with E-state index >= 15 is 0 Å². The van der Waals surface area contributed by atoms with E-state index in [4.69, 9.17) is 11.6 Å². The van der Waals surface area contributed by atoms with E-state index in [1.165, 1.54) is 16.7 Å². The maximum atomic E-state index is 5.91. The molecule has 0 radical (unpaired) electrons.